The molecule has 0 fully saturated rings. The normalized spacial score (nSPS) is 13.0. The van der Waals surface area contributed by atoms with E-state index in [1.165, 1.54) is 94.8 Å². The van der Waals surface area contributed by atoms with Crippen LogP contribution in [0, 0.1) is 6.92 Å². The molecular formula is C73H68BN3. The Balaban J connectivity index is 1.16. The van der Waals surface area contributed by atoms with Gasteiger partial charge in [-0.25, -0.2) is 0 Å². The summed E-state index contributed by atoms with van der Waals surface area (Å²) in [5.74, 6) is 0. The van der Waals surface area contributed by atoms with Crippen molar-refractivity contribution in [3.05, 3.63) is 253 Å². The van der Waals surface area contributed by atoms with Crippen molar-refractivity contribution >= 4 is 74.3 Å². The molecule has 3 nitrogen and oxygen atoms in total. The fraction of sp³-hybridized carbons (Fsp3) is 0.178. The minimum Gasteiger partial charge on any atom is -0.311 e. The van der Waals surface area contributed by atoms with Gasteiger partial charge in [0.2, 0.25) is 0 Å². The Labute approximate surface area is 458 Å². The molecule has 12 rings (SSSR count). The summed E-state index contributed by atoms with van der Waals surface area (Å²) in [7, 11) is 0. The summed E-state index contributed by atoms with van der Waals surface area (Å²) in [5, 5.41) is 0. The van der Waals surface area contributed by atoms with Crippen LogP contribution in [-0.2, 0) is 16.2 Å². The second-order valence-corrected chi connectivity index (χ2v) is 24.4. The smallest absolute Gasteiger partial charge is 0.252 e. The first-order valence-electron chi connectivity index (χ1n) is 27.4. The molecule has 0 N–H and O–H groups in total. The molecule has 77 heavy (non-hydrogen) atoms. The minimum absolute atomic E-state index is 0.000119. The monoisotopic (exact) mass is 998 g/mol. The van der Waals surface area contributed by atoms with Gasteiger partial charge >= 0.3 is 0 Å². The molecule has 2 heterocycles. The lowest BCUT2D eigenvalue weighted by atomic mass is 9.33. The van der Waals surface area contributed by atoms with E-state index in [4.69, 9.17) is 0 Å². The Morgan fingerprint density at radius 3 is 1.42 bits per heavy atom. The van der Waals surface area contributed by atoms with Gasteiger partial charge in [-0.2, -0.15) is 0 Å². The predicted octanol–water partition coefficient (Wildman–Crippen LogP) is 18.4. The van der Waals surface area contributed by atoms with Crippen molar-refractivity contribution in [3.63, 3.8) is 0 Å². The van der Waals surface area contributed by atoms with Crippen molar-refractivity contribution in [1.82, 2.24) is 0 Å². The van der Waals surface area contributed by atoms with Crippen molar-refractivity contribution in [3.8, 4) is 33.4 Å². The number of fused-ring (bicyclic) bond motifs is 4. The topological polar surface area (TPSA) is 9.72 Å². The van der Waals surface area contributed by atoms with E-state index in [2.05, 4.69) is 314 Å². The second kappa shape index (κ2) is 19.0. The molecule has 2 aliphatic heterocycles. The maximum Gasteiger partial charge on any atom is 0.252 e. The molecule has 4 heteroatoms. The van der Waals surface area contributed by atoms with Crippen LogP contribution in [0.15, 0.2) is 231 Å². The molecule has 0 atom stereocenters. The molecule has 0 saturated heterocycles. The van der Waals surface area contributed by atoms with Gasteiger partial charge in [0.15, 0.2) is 0 Å². The highest BCUT2D eigenvalue weighted by Gasteiger charge is 2.44. The lowest BCUT2D eigenvalue weighted by molar-refractivity contribution is 0.530. The molecule has 0 saturated carbocycles. The molecule has 10 aromatic rings. The lowest BCUT2D eigenvalue weighted by Gasteiger charge is -2.45. The summed E-state index contributed by atoms with van der Waals surface area (Å²) in [6, 6.07) is 86.5. The SMILES string of the molecule is Cc1cc2c3c(c1)N(c1ccc(-c4ccccc4)cc1-c1ccc(C(C)(C)C)c(C(C)(C)C)c1)c1ccc(-c4ccccc4)cc1B3c1ccc(N(c3ccccc3)c3ccccc3)cc1N2c1ccc(C(C)(C)C)cc1. The molecule has 0 aliphatic carbocycles. The van der Waals surface area contributed by atoms with Crippen molar-refractivity contribution in [2.75, 3.05) is 14.7 Å². The molecule has 2 aliphatic rings. The Kier molecular flexibility index (Phi) is 12.3. The molecule has 0 unspecified atom stereocenters. The third-order valence-corrected chi connectivity index (χ3v) is 15.9. The summed E-state index contributed by atoms with van der Waals surface area (Å²) in [6.45, 7) is 23.2. The quantitative estimate of drug-likeness (QED) is 0.140. The summed E-state index contributed by atoms with van der Waals surface area (Å²) in [6.07, 6.45) is 0. The minimum atomic E-state index is -0.0860. The summed E-state index contributed by atoms with van der Waals surface area (Å²) in [5.41, 5.74) is 26.5. The van der Waals surface area contributed by atoms with Gasteiger partial charge in [-0.1, -0.05) is 214 Å². The number of benzene rings is 10. The van der Waals surface area contributed by atoms with Gasteiger partial charge in [-0.3, -0.25) is 0 Å². The van der Waals surface area contributed by atoms with E-state index in [0.717, 1.165) is 28.4 Å². The van der Waals surface area contributed by atoms with Crippen LogP contribution < -0.4 is 31.1 Å². The zero-order chi connectivity index (χ0) is 53.4. The average molecular weight is 998 g/mol. The van der Waals surface area contributed by atoms with E-state index in [9.17, 15) is 0 Å². The van der Waals surface area contributed by atoms with E-state index in [1.807, 2.05) is 0 Å². The highest BCUT2D eigenvalue weighted by molar-refractivity contribution is 7.00. The maximum absolute atomic E-state index is 2.61. The molecule has 0 amide bonds. The molecule has 0 radical (unpaired) electrons. The largest absolute Gasteiger partial charge is 0.311 e. The van der Waals surface area contributed by atoms with E-state index in [-0.39, 0.29) is 23.0 Å². The Hall–Kier alpha value is -8.34. The van der Waals surface area contributed by atoms with Crippen molar-refractivity contribution in [2.24, 2.45) is 0 Å². The fourth-order valence-electron chi connectivity index (χ4n) is 12.1. The second-order valence-electron chi connectivity index (χ2n) is 24.4. The number of anilines is 9. The van der Waals surface area contributed by atoms with Gasteiger partial charge in [-0.05, 0) is 168 Å². The van der Waals surface area contributed by atoms with E-state index in [1.54, 1.807) is 0 Å². The summed E-state index contributed by atoms with van der Waals surface area (Å²) in [4.78, 5) is 7.56. The maximum atomic E-state index is 2.61. The lowest BCUT2D eigenvalue weighted by Crippen LogP contribution is -2.61. The van der Waals surface area contributed by atoms with Gasteiger partial charge in [0, 0.05) is 51.1 Å². The third-order valence-electron chi connectivity index (χ3n) is 15.9. The van der Waals surface area contributed by atoms with Crippen LogP contribution in [0.2, 0.25) is 0 Å². The first kappa shape index (κ1) is 49.5. The van der Waals surface area contributed by atoms with Crippen LogP contribution in [0.4, 0.5) is 51.2 Å². The molecule has 0 bridgehead atoms. The third kappa shape index (κ3) is 9.04. The Morgan fingerprint density at radius 2 is 0.857 bits per heavy atom. The molecule has 0 spiro atoms. The van der Waals surface area contributed by atoms with E-state index >= 15 is 0 Å². The molecule has 378 valence electrons. The number of hydrogen-bond acceptors (Lipinski definition) is 3. The number of para-hydroxylation sites is 2. The Bertz CT molecular complexity index is 3770. The van der Waals surface area contributed by atoms with Crippen LogP contribution in [0.5, 0.6) is 0 Å². The predicted molar refractivity (Wildman–Crippen MR) is 332 cm³/mol. The first-order valence-corrected chi connectivity index (χ1v) is 27.4. The van der Waals surface area contributed by atoms with E-state index in [0.29, 0.717) is 0 Å². The zero-order valence-electron chi connectivity index (χ0n) is 46.4. The fourth-order valence-corrected chi connectivity index (χ4v) is 12.1. The Morgan fingerprint density at radius 1 is 0.338 bits per heavy atom. The standard InChI is InChI=1S/C73H68BN3/c1-49-43-68-70-69(44-49)77(65-41-32-52(50-23-15-11-16-24-50)45-60(65)54-31-39-61(72(5,6)7)62(46-54)73(8,9)10)66-42-33-53(51-25-17-12-18-26-51)47-64(66)74(70)63-40-38-59(75(56-27-19-13-20-28-56)57-29-21-14-22-30-57)48-67(63)76(68)58-36-34-55(35-37-58)71(2,3)4/h11-48H,1-10H3. The van der Waals surface area contributed by atoms with Gasteiger partial charge < -0.3 is 14.7 Å². The van der Waals surface area contributed by atoms with Crippen molar-refractivity contribution < 1.29 is 0 Å². The molecular weight excluding hydrogens is 930 g/mol. The van der Waals surface area contributed by atoms with Crippen molar-refractivity contribution in [1.29, 1.82) is 0 Å². The van der Waals surface area contributed by atoms with Gasteiger partial charge in [0.25, 0.3) is 6.71 Å². The number of nitrogens with zero attached hydrogens (tertiary/aromatic N) is 3. The average Bonchev–Trinajstić information content (AvgIpc) is 3.62. The number of rotatable bonds is 8. The number of aryl methyl sites for hydroxylation is 1. The first-order chi connectivity index (χ1) is 37.0. The van der Waals surface area contributed by atoms with Crippen LogP contribution in [0.1, 0.15) is 84.6 Å². The van der Waals surface area contributed by atoms with Crippen LogP contribution in [0.25, 0.3) is 33.4 Å². The van der Waals surface area contributed by atoms with Gasteiger partial charge in [0.1, 0.15) is 0 Å². The zero-order valence-corrected chi connectivity index (χ0v) is 46.4. The molecule has 0 aromatic heterocycles. The molecule has 10 aromatic carbocycles. The number of hydrogen-bond donors (Lipinski definition) is 0. The van der Waals surface area contributed by atoms with Crippen LogP contribution >= 0.6 is 0 Å². The van der Waals surface area contributed by atoms with Gasteiger partial charge in [-0.15, -0.1) is 0 Å². The van der Waals surface area contributed by atoms with E-state index < -0.39 is 0 Å². The highest BCUT2D eigenvalue weighted by atomic mass is 15.2. The van der Waals surface area contributed by atoms with Crippen molar-refractivity contribution in [2.45, 2.75) is 85.5 Å². The van der Waals surface area contributed by atoms with Crippen LogP contribution in [-0.4, -0.2) is 6.71 Å². The summed E-state index contributed by atoms with van der Waals surface area (Å²) < 4.78 is 0. The van der Waals surface area contributed by atoms with Gasteiger partial charge in [0.05, 0.1) is 5.69 Å². The highest BCUT2D eigenvalue weighted by Crippen LogP contribution is 2.50. The summed E-state index contributed by atoms with van der Waals surface area (Å²) >= 11 is 0. The van der Waals surface area contributed by atoms with Crippen LogP contribution in [0.3, 0.4) is 0 Å².